The lowest BCUT2D eigenvalue weighted by atomic mass is 10.1. The standard InChI is InChI=1S/C4H4O2/c5-3-1-2-4(3)6/h1,5H,2H2. The van der Waals surface area contributed by atoms with Crippen molar-refractivity contribution in [2.75, 3.05) is 0 Å². The highest BCUT2D eigenvalue weighted by atomic mass is 16.3. The van der Waals surface area contributed by atoms with Gasteiger partial charge in [0.25, 0.3) is 0 Å². The van der Waals surface area contributed by atoms with Crippen LogP contribution < -0.4 is 0 Å². The molecular weight excluding hydrogens is 80.0 g/mol. The average molecular weight is 84.1 g/mol. The second kappa shape index (κ2) is 0.834. The van der Waals surface area contributed by atoms with Crippen LogP contribution in [0, 0.1) is 0 Å². The molecule has 1 aliphatic rings. The predicted octanol–water partition coefficient (Wildman–Crippen LogP) is 0.401. The van der Waals surface area contributed by atoms with Gasteiger partial charge in [-0.2, -0.15) is 0 Å². The highest BCUT2D eigenvalue weighted by molar-refractivity contribution is 5.99. The number of rotatable bonds is 0. The first-order chi connectivity index (χ1) is 2.80. The Bertz CT molecular complexity index is 113. The zero-order valence-corrected chi connectivity index (χ0v) is 3.14. The van der Waals surface area contributed by atoms with E-state index in [0.717, 1.165) is 0 Å². The van der Waals surface area contributed by atoms with Gasteiger partial charge in [0.2, 0.25) is 5.78 Å². The van der Waals surface area contributed by atoms with Crippen molar-refractivity contribution >= 4 is 5.78 Å². The van der Waals surface area contributed by atoms with Crippen LogP contribution in [0.2, 0.25) is 0 Å². The maximum Gasteiger partial charge on any atom is 0.200 e. The molecule has 1 N–H and O–H groups in total. The molecule has 2 nitrogen and oxygen atoms in total. The number of carbonyl (C=O) groups excluding carboxylic acids is 1. The number of ketones is 1. The molecule has 0 radical (unpaired) electrons. The van der Waals surface area contributed by atoms with Crippen LogP contribution in [0.15, 0.2) is 11.8 Å². The number of Topliss-reactive ketones (excluding diaryl/α,β-unsaturated/α-hetero) is 1. The molecule has 1 rings (SSSR count). The van der Waals surface area contributed by atoms with Gasteiger partial charge in [0.1, 0.15) is 0 Å². The molecular formula is C4H4O2. The molecule has 2 heteroatoms. The van der Waals surface area contributed by atoms with E-state index in [1.165, 1.54) is 6.08 Å². The largest absolute Gasteiger partial charge is 0.505 e. The lowest BCUT2D eigenvalue weighted by molar-refractivity contribution is -0.119. The molecule has 0 unspecified atom stereocenters. The van der Waals surface area contributed by atoms with Crippen LogP contribution in [-0.2, 0) is 4.79 Å². The Balaban J connectivity index is 2.75. The summed E-state index contributed by atoms with van der Waals surface area (Å²) in [6, 6.07) is 0. The van der Waals surface area contributed by atoms with Crippen molar-refractivity contribution in [3.63, 3.8) is 0 Å². The maximum atomic E-state index is 9.91. The fourth-order valence-electron chi connectivity index (χ4n) is 0.277. The minimum absolute atomic E-state index is 0.0741. The van der Waals surface area contributed by atoms with Crippen LogP contribution in [0.5, 0.6) is 0 Å². The maximum absolute atomic E-state index is 9.91. The lowest BCUT2D eigenvalue weighted by Crippen LogP contribution is -2.08. The van der Waals surface area contributed by atoms with Gasteiger partial charge < -0.3 is 5.11 Å². The van der Waals surface area contributed by atoms with Crippen molar-refractivity contribution in [2.24, 2.45) is 0 Å². The lowest BCUT2D eigenvalue weighted by Gasteiger charge is -2.02. The molecule has 0 fully saturated rings. The van der Waals surface area contributed by atoms with Gasteiger partial charge in [-0.3, -0.25) is 4.79 Å². The molecule has 0 aromatic heterocycles. The van der Waals surface area contributed by atoms with Crippen molar-refractivity contribution < 1.29 is 9.90 Å². The number of aliphatic hydroxyl groups is 1. The summed E-state index contributed by atoms with van der Waals surface area (Å²) in [4.78, 5) is 9.91. The van der Waals surface area contributed by atoms with Gasteiger partial charge in [-0.05, 0) is 6.08 Å². The zero-order chi connectivity index (χ0) is 4.57. The first kappa shape index (κ1) is 3.40. The fraction of sp³-hybridized carbons (Fsp3) is 0.250. The molecule has 0 spiro atoms. The Kier molecular flexibility index (Phi) is 0.473. The summed E-state index contributed by atoms with van der Waals surface area (Å²) >= 11 is 0. The van der Waals surface area contributed by atoms with E-state index in [1.807, 2.05) is 0 Å². The Morgan fingerprint density at radius 3 is 2.33 bits per heavy atom. The number of allylic oxidation sites excluding steroid dienone is 2. The quantitative estimate of drug-likeness (QED) is 0.461. The first-order valence-corrected chi connectivity index (χ1v) is 1.73. The molecule has 0 saturated carbocycles. The van der Waals surface area contributed by atoms with Crippen molar-refractivity contribution in [2.45, 2.75) is 6.42 Å². The number of carbonyl (C=O) groups is 1. The molecule has 32 valence electrons. The van der Waals surface area contributed by atoms with E-state index in [4.69, 9.17) is 5.11 Å². The highest BCUT2D eigenvalue weighted by Gasteiger charge is 2.13. The Hall–Kier alpha value is -0.790. The smallest absolute Gasteiger partial charge is 0.200 e. The van der Waals surface area contributed by atoms with E-state index < -0.39 is 0 Å². The van der Waals surface area contributed by atoms with Crippen LogP contribution >= 0.6 is 0 Å². The van der Waals surface area contributed by atoms with E-state index >= 15 is 0 Å². The highest BCUT2D eigenvalue weighted by Crippen LogP contribution is 2.07. The molecule has 6 heavy (non-hydrogen) atoms. The van der Waals surface area contributed by atoms with Crippen molar-refractivity contribution in [3.8, 4) is 0 Å². The third kappa shape index (κ3) is 0.233. The minimum Gasteiger partial charge on any atom is -0.505 e. The van der Waals surface area contributed by atoms with Crippen LogP contribution in [-0.4, -0.2) is 10.9 Å². The molecule has 0 atom stereocenters. The van der Waals surface area contributed by atoms with Gasteiger partial charge in [0, 0.05) is 6.42 Å². The molecule has 0 amide bonds. The molecule has 0 bridgehead atoms. The molecule has 0 saturated heterocycles. The zero-order valence-electron chi connectivity index (χ0n) is 3.14. The summed E-state index contributed by atoms with van der Waals surface area (Å²) in [5.41, 5.74) is 0. The summed E-state index contributed by atoms with van der Waals surface area (Å²) in [6.45, 7) is 0. The first-order valence-electron chi connectivity index (χ1n) is 1.73. The van der Waals surface area contributed by atoms with E-state index in [9.17, 15) is 4.79 Å². The van der Waals surface area contributed by atoms with Gasteiger partial charge in [0.15, 0.2) is 5.76 Å². The summed E-state index contributed by atoms with van der Waals surface area (Å²) < 4.78 is 0. The summed E-state index contributed by atoms with van der Waals surface area (Å²) in [5.74, 6) is -0.218. The Morgan fingerprint density at radius 2 is 2.33 bits per heavy atom. The van der Waals surface area contributed by atoms with Crippen LogP contribution in [0.25, 0.3) is 0 Å². The van der Waals surface area contributed by atoms with Gasteiger partial charge in [-0.1, -0.05) is 0 Å². The van der Waals surface area contributed by atoms with Crippen molar-refractivity contribution in [3.05, 3.63) is 11.8 Å². The van der Waals surface area contributed by atoms with Gasteiger partial charge >= 0.3 is 0 Å². The van der Waals surface area contributed by atoms with Gasteiger partial charge in [0.05, 0.1) is 0 Å². The molecule has 0 heterocycles. The van der Waals surface area contributed by atoms with E-state index in [2.05, 4.69) is 0 Å². The van der Waals surface area contributed by atoms with E-state index in [1.54, 1.807) is 0 Å². The SMILES string of the molecule is O=C1CC=C1O. The predicted molar refractivity (Wildman–Crippen MR) is 20.3 cm³/mol. The molecule has 0 aromatic carbocycles. The monoisotopic (exact) mass is 84.0 g/mol. The number of aliphatic hydroxyl groups excluding tert-OH is 1. The third-order valence-electron chi connectivity index (χ3n) is 0.766. The van der Waals surface area contributed by atoms with E-state index in [-0.39, 0.29) is 11.5 Å². The van der Waals surface area contributed by atoms with Crippen LogP contribution in [0.3, 0.4) is 0 Å². The van der Waals surface area contributed by atoms with Crippen molar-refractivity contribution in [1.82, 2.24) is 0 Å². The van der Waals surface area contributed by atoms with Gasteiger partial charge in [-0.15, -0.1) is 0 Å². The van der Waals surface area contributed by atoms with E-state index in [0.29, 0.717) is 6.42 Å². The van der Waals surface area contributed by atoms with Crippen molar-refractivity contribution in [1.29, 1.82) is 0 Å². The normalized spacial score (nSPS) is 19.3. The second-order valence-corrected chi connectivity index (χ2v) is 1.22. The van der Waals surface area contributed by atoms with Crippen LogP contribution in [0.1, 0.15) is 6.42 Å². The fourth-order valence-corrected chi connectivity index (χ4v) is 0.277. The average Bonchev–Trinajstić information content (AvgIpc) is 1.61. The summed E-state index contributed by atoms with van der Waals surface area (Å²) in [6.07, 6.45) is 1.91. The van der Waals surface area contributed by atoms with Gasteiger partial charge in [-0.25, -0.2) is 0 Å². The minimum atomic E-state index is -0.144. The summed E-state index contributed by atoms with van der Waals surface area (Å²) in [7, 11) is 0. The molecule has 0 aromatic rings. The number of hydrogen-bond acceptors (Lipinski definition) is 2. The third-order valence-corrected chi connectivity index (χ3v) is 0.766. The summed E-state index contributed by atoms with van der Waals surface area (Å²) in [5, 5.41) is 8.23. The molecule has 0 aliphatic heterocycles. The topological polar surface area (TPSA) is 37.3 Å². The Labute approximate surface area is 35.1 Å². The Morgan fingerprint density at radius 1 is 1.83 bits per heavy atom. The molecule has 1 aliphatic carbocycles. The second-order valence-electron chi connectivity index (χ2n) is 1.22. The van der Waals surface area contributed by atoms with Crippen LogP contribution in [0.4, 0.5) is 0 Å². The number of hydrogen-bond donors (Lipinski definition) is 1.